The summed E-state index contributed by atoms with van der Waals surface area (Å²) in [6, 6.07) is 5.89. The fourth-order valence-corrected chi connectivity index (χ4v) is 2.20. The Labute approximate surface area is 166 Å². The Bertz CT molecular complexity index is 912. The number of aromatic nitrogens is 2. The third-order valence-corrected chi connectivity index (χ3v) is 3.58. The van der Waals surface area contributed by atoms with Crippen LogP contribution in [0.1, 0.15) is 11.5 Å². The fraction of sp³-hybridized carbons (Fsp3) is 0.333. The predicted octanol–water partition coefficient (Wildman–Crippen LogP) is 4.00. The zero-order valence-electron chi connectivity index (χ0n) is 15.4. The van der Waals surface area contributed by atoms with E-state index < -0.39 is 24.2 Å². The maximum absolute atomic E-state index is 12.5. The number of nitrogens with zero attached hydrogens (tertiary/aromatic N) is 3. The van der Waals surface area contributed by atoms with E-state index in [1.165, 1.54) is 36.3 Å². The minimum absolute atomic E-state index is 0.0206. The number of amides is 1. The van der Waals surface area contributed by atoms with Crippen molar-refractivity contribution >= 4 is 5.91 Å². The zero-order valence-corrected chi connectivity index (χ0v) is 15.4. The van der Waals surface area contributed by atoms with Gasteiger partial charge in [0.25, 0.3) is 5.91 Å². The van der Waals surface area contributed by atoms with Gasteiger partial charge in [0, 0.05) is 31.8 Å². The molecule has 0 fully saturated rings. The molecular formula is C18H15F6N3O3. The van der Waals surface area contributed by atoms with Gasteiger partial charge in [-0.1, -0.05) is 29.4 Å². The first-order valence-electron chi connectivity index (χ1n) is 8.28. The van der Waals surface area contributed by atoms with E-state index in [1.807, 2.05) is 0 Å². The molecule has 0 spiro atoms. The van der Waals surface area contributed by atoms with Crippen molar-refractivity contribution in [3.63, 3.8) is 0 Å². The first kappa shape index (κ1) is 23.2. The van der Waals surface area contributed by atoms with Gasteiger partial charge in [0.2, 0.25) is 5.82 Å². The number of methoxy groups -OCH3 is 1. The maximum atomic E-state index is 12.5. The third kappa shape index (κ3) is 7.05. The minimum Gasteiger partial charge on any atom is -0.383 e. The van der Waals surface area contributed by atoms with Gasteiger partial charge in [-0.25, -0.2) is 0 Å². The van der Waals surface area contributed by atoms with E-state index in [0.29, 0.717) is 11.6 Å². The number of carbonyl (C=O) groups is 1. The number of alkyl halides is 6. The van der Waals surface area contributed by atoms with Crippen molar-refractivity contribution in [1.82, 2.24) is 15.0 Å². The van der Waals surface area contributed by atoms with Crippen LogP contribution < -0.4 is 0 Å². The van der Waals surface area contributed by atoms with Crippen molar-refractivity contribution in [3.8, 4) is 11.4 Å². The first-order chi connectivity index (χ1) is 14.0. The number of hydrogen-bond donors (Lipinski definition) is 0. The molecule has 0 aliphatic heterocycles. The van der Waals surface area contributed by atoms with Gasteiger partial charge in [0.15, 0.2) is 0 Å². The summed E-state index contributed by atoms with van der Waals surface area (Å²) in [5, 5.41) is 3.27. The number of benzene rings is 1. The van der Waals surface area contributed by atoms with Crippen molar-refractivity contribution < 1.29 is 40.4 Å². The van der Waals surface area contributed by atoms with E-state index in [-0.39, 0.29) is 37.2 Å². The molecule has 6 nitrogen and oxygen atoms in total. The van der Waals surface area contributed by atoms with E-state index >= 15 is 0 Å². The number of ether oxygens (including phenoxy) is 1. The predicted molar refractivity (Wildman–Crippen MR) is 90.7 cm³/mol. The van der Waals surface area contributed by atoms with Crippen LogP contribution >= 0.6 is 0 Å². The molecule has 12 heteroatoms. The second-order valence-electron chi connectivity index (χ2n) is 5.87. The summed E-state index contributed by atoms with van der Waals surface area (Å²) in [5.74, 6) is -2.46. The van der Waals surface area contributed by atoms with Gasteiger partial charge in [-0.05, 0) is 5.56 Å². The third-order valence-electron chi connectivity index (χ3n) is 3.58. The molecular weight excluding hydrogens is 420 g/mol. The molecule has 0 unspecified atom stereocenters. The summed E-state index contributed by atoms with van der Waals surface area (Å²) in [6.07, 6.45) is -8.88. The molecule has 0 N–H and O–H groups in total. The summed E-state index contributed by atoms with van der Waals surface area (Å²) < 4.78 is 83.1. The summed E-state index contributed by atoms with van der Waals surface area (Å²) in [7, 11) is 1.40. The quantitative estimate of drug-likeness (QED) is 0.374. The van der Waals surface area contributed by atoms with Crippen LogP contribution in [0.3, 0.4) is 0 Å². The lowest BCUT2D eigenvalue weighted by Crippen LogP contribution is -2.32. The van der Waals surface area contributed by atoms with Gasteiger partial charge < -0.3 is 14.2 Å². The molecule has 0 saturated carbocycles. The Morgan fingerprint density at radius 2 is 1.87 bits per heavy atom. The summed E-state index contributed by atoms with van der Waals surface area (Å²) >= 11 is 0. The fourth-order valence-electron chi connectivity index (χ4n) is 2.20. The molecule has 1 aromatic heterocycles. The zero-order chi connectivity index (χ0) is 22.4. The van der Waals surface area contributed by atoms with E-state index in [2.05, 4.69) is 14.7 Å². The van der Waals surface area contributed by atoms with Crippen LogP contribution in [0, 0.1) is 0 Å². The van der Waals surface area contributed by atoms with Gasteiger partial charge in [-0.2, -0.15) is 31.3 Å². The minimum atomic E-state index is -4.76. The molecule has 1 aromatic carbocycles. The van der Waals surface area contributed by atoms with Crippen LogP contribution in [0.5, 0.6) is 0 Å². The molecule has 0 radical (unpaired) electrons. The highest BCUT2D eigenvalue weighted by Crippen LogP contribution is 2.29. The van der Waals surface area contributed by atoms with Crippen LogP contribution in [0.2, 0.25) is 0 Å². The highest BCUT2D eigenvalue weighted by Gasteiger charge is 2.38. The summed E-state index contributed by atoms with van der Waals surface area (Å²) in [5.41, 5.74) is 2.60. The van der Waals surface area contributed by atoms with E-state index in [4.69, 9.17) is 4.74 Å². The van der Waals surface area contributed by atoms with E-state index in [9.17, 15) is 31.1 Å². The molecule has 2 aromatic rings. The standard InChI is InChI=1S/C18H15F6N3O3/c1-29-10-9-27(14(28)3-2-8-17(19,20)21)11-12-4-6-13(7-5-12)15-25-16(30-26-15)18(22,23)24/h3-8H,9-11H2,1H3. The Balaban J connectivity index is 2.13. The molecule has 30 heavy (non-hydrogen) atoms. The summed E-state index contributed by atoms with van der Waals surface area (Å²) in [4.78, 5) is 16.7. The lowest BCUT2D eigenvalue weighted by molar-refractivity contribution is -0.159. The van der Waals surface area contributed by atoms with Gasteiger partial charge in [0.1, 0.15) is 0 Å². The Hall–Kier alpha value is -3.11. The molecule has 0 aliphatic rings. The topological polar surface area (TPSA) is 68.5 Å². The monoisotopic (exact) mass is 435 g/mol. The van der Waals surface area contributed by atoms with Crippen LogP contribution in [0.25, 0.3) is 11.4 Å². The van der Waals surface area contributed by atoms with Gasteiger partial charge in [-0.3, -0.25) is 4.79 Å². The molecule has 1 heterocycles. The largest absolute Gasteiger partial charge is 0.471 e. The molecule has 0 bridgehead atoms. The second kappa shape index (κ2) is 9.59. The van der Waals surface area contributed by atoms with Crippen LogP contribution in [0.15, 0.2) is 46.7 Å². The smallest absolute Gasteiger partial charge is 0.383 e. The van der Waals surface area contributed by atoms with E-state index in [0.717, 1.165) is 0 Å². The van der Waals surface area contributed by atoms with Gasteiger partial charge in [-0.15, -0.1) is 5.73 Å². The highest BCUT2D eigenvalue weighted by molar-refractivity contribution is 5.87. The molecule has 0 atom stereocenters. The van der Waals surface area contributed by atoms with Crippen LogP contribution in [-0.4, -0.2) is 47.4 Å². The normalized spacial score (nSPS) is 11.7. The van der Waals surface area contributed by atoms with Crippen molar-refractivity contribution in [3.05, 3.63) is 53.6 Å². The molecule has 162 valence electrons. The Morgan fingerprint density at radius 1 is 1.20 bits per heavy atom. The average molecular weight is 435 g/mol. The molecule has 1 amide bonds. The van der Waals surface area contributed by atoms with E-state index in [1.54, 1.807) is 5.73 Å². The van der Waals surface area contributed by atoms with Gasteiger partial charge in [0.05, 0.1) is 12.7 Å². The number of halogens is 6. The van der Waals surface area contributed by atoms with Crippen molar-refractivity contribution in [1.29, 1.82) is 0 Å². The Morgan fingerprint density at radius 3 is 2.40 bits per heavy atom. The number of hydrogen-bond acceptors (Lipinski definition) is 5. The Kier molecular flexibility index (Phi) is 7.41. The van der Waals surface area contributed by atoms with Crippen molar-refractivity contribution in [2.45, 2.75) is 18.9 Å². The van der Waals surface area contributed by atoms with Crippen LogP contribution in [-0.2, 0) is 22.3 Å². The molecule has 0 aliphatic carbocycles. The maximum Gasteiger partial charge on any atom is 0.471 e. The lowest BCUT2D eigenvalue weighted by Gasteiger charge is -2.20. The second-order valence-corrected chi connectivity index (χ2v) is 5.87. The summed E-state index contributed by atoms with van der Waals surface area (Å²) in [6.45, 7) is 0.261. The van der Waals surface area contributed by atoms with Crippen molar-refractivity contribution in [2.75, 3.05) is 20.3 Å². The van der Waals surface area contributed by atoms with Gasteiger partial charge >= 0.3 is 18.2 Å². The SMILES string of the molecule is COCCN(Cc1ccc(-c2noc(C(F)(F)F)n2)cc1)C(=O)C=C=CC(F)(F)F. The van der Waals surface area contributed by atoms with Crippen LogP contribution in [0.4, 0.5) is 26.3 Å². The number of rotatable bonds is 7. The average Bonchev–Trinajstić information content (AvgIpc) is 3.15. The van der Waals surface area contributed by atoms with Crippen molar-refractivity contribution in [2.24, 2.45) is 0 Å². The molecule has 2 rings (SSSR count). The number of carbonyl (C=O) groups excluding carboxylic acids is 1. The molecule has 0 saturated heterocycles. The highest BCUT2D eigenvalue weighted by atomic mass is 19.4. The first-order valence-corrected chi connectivity index (χ1v) is 8.28. The lowest BCUT2D eigenvalue weighted by atomic mass is 10.1.